The summed E-state index contributed by atoms with van der Waals surface area (Å²) in [4.78, 5) is 29.8. The van der Waals surface area contributed by atoms with E-state index >= 15 is 0 Å². The molecule has 3 aromatic heterocycles. The summed E-state index contributed by atoms with van der Waals surface area (Å²) in [5.74, 6) is -1.68. The molecular formula is C21H18F3N5O. The van der Waals surface area contributed by atoms with Crippen LogP contribution in [-0.4, -0.2) is 50.0 Å². The molecule has 0 spiro atoms. The topological polar surface area (TPSA) is 71.9 Å². The van der Waals surface area contributed by atoms with Gasteiger partial charge in [-0.25, -0.2) is 9.97 Å². The molecule has 154 valence electrons. The third kappa shape index (κ3) is 4.14. The third-order valence-electron chi connectivity index (χ3n) is 5.09. The monoisotopic (exact) mass is 413 g/mol. The van der Waals surface area contributed by atoms with Crippen LogP contribution in [0.15, 0.2) is 55.2 Å². The van der Waals surface area contributed by atoms with Crippen LogP contribution in [0.3, 0.4) is 0 Å². The van der Waals surface area contributed by atoms with Gasteiger partial charge in [-0.15, -0.1) is 0 Å². The number of pyridine rings is 2. The number of carbonyl (C=O) groups is 1. The van der Waals surface area contributed by atoms with Crippen molar-refractivity contribution in [2.75, 3.05) is 13.1 Å². The quantitative estimate of drug-likeness (QED) is 0.652. The largest absolute Gasteiger partial charge is 0.471 e. The van der Waals surface area contributed by atoms with Crippen molar-refractivity contribution >= 4 is 5.91 Å². The molecule has 4 heterocycles. The van der Waals surface area contributed by atoms with E-state index in [4.69, 9.17) is 4.98 Å². The fourth-order valence-electron chi connectivity index (χ4n) is 3.66. The van der Waals surface area contributed by atoms with E-state index in [2.05, 4.69) is 15.0 Å². The summed E-state index contributed by atoms with van der Waals surface area (Å²) in [6.07, 6.45) is 4.41. The van der Waals surface area contributed by atoms with Gasteiger partial charge in [0.25, 0.3) is 0 Å². The summed E-state index contributed by atoms with van der Waals surface area (Å²) in [5, 5.41) is 0. The third-order valence-corrected chi connectivity index (χ3v) is 5.09. The molecule has 1 atom stereocenters. The summed E-state index contributed by atoms with van der Waals surface area (Å²) in [6.45, 7) is 0.0466. The molecule has 4 rings (SSSR count). The summed E-state index contributed by atoms with van der Waals surface area (Å²) in [6, 6.07) is 7.14. The van der Waals surface area contributed by atoms with Crippen molar-refractivity contribution in [3.63, 3.8) is 0 Å². The van der Waals surface area contributed by atoms with Gasteiger partial charge in [-0.2, -0.15) is 13.2 Å². The van der Waals surface area contributed by atoms with Gasteiger partial charge in [0.2, 0.25) is 0 Å². The van der Waals surface area contributed by atoms with Crippen molar-refractivity contribution in [3.8, 4) is 22.5 Å². The maximum absolute atomic E-state index is 13.0. The molecule has 30 heavy (non-hydrogen) atoms. The Morgan fingerprint density at radius 3 is 2.27 bits per heavy atom. The maximum Gasteiger partial charge on any atom is 0.471 e. The minimum Gasteiger partial charge on any atom is -0.334 e. The van der Waals surface area contributed by atoms with Crippen LogP contribution in [0.1, 0.15) is 24.5 Å². The molecule has 3 aromatic rings. The molecule has 1 aliphatic heterocycles. The zero-order valence-corrected chi connectivity index (χ0v) is 15.9. The van der Waals surface area contributed by atoms with Gasteiger partial charge in [-0.1, -0.05) is 0 Å². The second-order valence-electron chi connectivity index (χ2n) is 7.05. The fourth-order valence-corrected chi connectivity index (χ4v) is 3.66. The number of nitrogens with zero attached hydrogens (tertiary/aromatic N) is 5. The van der Waals surface area contributed by atoms with E-state index in [1.807, 2.05) is 0 Å². The van der Waals surface area contributed by atoms with E-state index in [0.717, 1.165) is 21.6 Å². The summed E-state index contributed by atoms with van der Waals surface area (Å²) >= 11 is 0. The zero-order valence-electron chi connectivity index (χ0n) is 15.9. The normalized spacial score (nSPS) is 17.0. The summed E-state index contributed by atoms with van der Waals surface area (Å²) in [7, 11) is 0. The number of likely N-dealkylation sites (tertiary alicyclic amines) is 1. The molecule has 0 bridgehead atoms. The van der Waals surface area contributed by atoms with Gasteiger partial charge in [0.15, 0.2) is 5.82 Å². The van der Waals surface area contributed by atoms with E-state index < -0.39 is 12.1 Å². The Kier molecular flexibility index (Phi) is 5.43. The standard InChI is InChI=1S/C21H18F3N5O/c22-21(23,24)20(30)29-11-1-2-16(13-29)18-17(14-3-7-25-8-4-14)12-27-19(28-18)15-5-9-26-10-6-15/h3-10,12,16H,1-2,11,13H2. The number of aromatic nitrogens is 4. The van der Waals surface area contributed by atoms with Crippen molar-refractivity contribution < 1.29 is 18.0 Å². The molecule has 6 nitrogen and oxygen atoms in total. The Morgan fingerprint density at radius 1 is 1.00 bits per heavy atom. The van der Waals surface area contributed by atoms with Crippen LogP contribution in [0.2, 0.25) is 0 Å². The van der Waals surface area contributed by atoms with Crippen LogP contribution < -0.4 is 0 Å². The van der Waals surface area contributed by atoms with Gasteiger partial charge in [-0.3, -0.25) is 14.8 Å². The summed E-state index contributed by atoms with van der Waals surface area (Å²) < 4.78 is 38.9. The van der Waals surface area contributed by atoms with Crippen molar-refractivity contribution in [2.24, 2.45) is 0 Å². The molecule has 1 unspecified atom stereocenters. The van der Waals surface area contributed by atoms with E-state index in [1.165, 1.54) is 0 Å². The van der Waals surface area contributed by atoms with Crippen LogP contribution in [0.4, 0.5) is 13.2 Å². The zero-order chi connectivity index (χ0) is 21.1. The highest BCUT2D eigenvalue weighted by Crippen LogP contribution is 2.35. The molecule has 0 aromatic carbocycles. The molecule has 1 amide bonds. The molecule has 0 radical (unpaired) electrons. The van der Waals surface area contributed by atoms with E-state index in [0.29, 0.717) is 24.4 Å². The van der Waals surface area contributed by atoms with Crippen LogP contribution in [0.5, 0.6) is 0 Å². The Labute approximate surface area is 170 Å². The molecule has 1 saturated heterocycles. The number of hydrogen-bond donors (Lipinski definition) is 0. The smallest absolute Gasteiger partial charge is 0.334 e. The lowest BCUT2D eigenvalue weighted by molar-refractivity contribution is -0.186. The van der Waals surface area contributed by atoms with Gasteiger partial charge < -0.3 is 4.90 Å². The van der Waals surface area contributed by atoms with Crippen LogP contribution in [0, 0.1) is 0 Å². The number of amides is 1. The number of piperidine rings is 1. The minimum absolute atomic E-state index is 0.0385. The average Bonchev–Trinajstić information content (AvgIpc) is 2.79. The number of halogens is 3. The first-order valence-corrected chi connectivity index (χ1v) is 9.47. The van der Waals surface area contributed by atoms with Crippen molar-refractivity contribution in [1.82, 2.24) is 24.8 Å². The first kappa shape index (κ1) is 19.9. The van der Waals surface area contributed by atoms with Gasteiger partial charge in [-0.05, 0) is 42.7 Å². The van der Waals surface area contributed by atoms with Crippen molar-refractivity contribution in [3.05, 3.63) is 60.9 Å². The highest BCUT2D eigenvalue weighted by atomic mass is 19.4. The highest BCUT2D eigenvalue weighted by Gasteiger charge is 2.44. The lowest BCUT2D eigenvalue weighted by Crippen LogP contribution is -2.46. The molecule has 0 aliphatic carbocycles. The van der Waals surface area contributed by atoms with Gasteiger partial charge in [0.05, 0.1) is 5.69 Å². The highest BCUT2D eigenvalue weighted by molar-refractivity contribution is 5.82. The molecule has 0 N–H and O–H groups in total. The second kappa shape index (κ2) is 8.17. The fraction of sp³-hybridized carbons (Fsp3) is 0.286. The lowest BCUT2D eigenvalue weighted by atomic mass is 9.90. The van der Waals surface area contributed by atoms with Gasteiger partial charge in [0, 0.05) is 61.1 Å². The molecular weight excluding hydrogens is 395 g/mol. The van der Waals surface area contributed by atoms with E-state index in [9.17, 15) is 18.0 Å². The number of hydrogen-bond acceptors (Lipinski definition) is 5. The first-order chi connectivity index (χ1) is 14.4. The Balaban J connectivity index is 1.75. The Hall–Kier alpha value is -3.36. The van der Waals surface area contributed by atoms with Gasteiger partial charge in [0.1, 0.15) is 0 Å². The average molecular weight is 413 g/mol. The predicted molar refractivity (Wildman–Crippen MR) is 103 cm³/mol. The lowest BCUT2D eigenvalue weighted by Gasteiger charge is -2.33. The molecule has 0 saturated carbocycles. The maximum atomic E-state index is 13.0. The van der Waals surface area contributed by atoms with Crippen molar-refractivity contribution in [2.45, 2.75) is 24.9 Å². The SMILES string of the molecule is O=C(N1CCCC(c2nc(-c3ccncc3)ncc2-c2ccncc2)C1)C(F)(F)F. The van der Waals surface area contributed by atoms with E-state index in [-0.39, 0.29) is 19.0 Å². The Morgan fingerprint density at radius 2 is 1.63 bits per heavy atom. The molecule has 1 fully saturated rings. The van der Waals surface area contributed by atoms with Crippen molar-refractivity contribution in [1.29, 1.82) is 0 Å². The second-order valence-corrected chi connectivity index (χ2v) is 7.05. The number of alkyl halides is 3. The number of carbonyl (C=O) groups excluding carboxylic acids is 1. The van der Waals surface area contributed by atoms with Crippen LogP contribution >= 0.6 is 0 Å². The Bertz CT molecular complexity index is 1030. The predicted octanol–water partition coefficient (Wildman–Crippen LogP) is 3.87. The first-order valence-electron chi connectivity index (χ1n) is 9.47. The molecule has 1 aliphatic rings. The van der Waals surface area contributed by atoms with Gasteiger partial charge >= 0.3 is 12.1 Å². The summed E-state index contributed by atoms with van der Waals surface area (Å²) in [5.41, 5.74) is 2.93. The minimum atomic E-state index is -4.89. The number of rotatable bonds is 3. The van der Waals surface area contributed by atoms with Crippen LogP contribution in [0.25, 0.3) is 22.5 Å². The van der Waals surface area contributed by atoms with E-state index in [1.54, 1.807) is 55.2 Å². The molecule has 9 heteroatoms. The van der Waals surface area contributed by atoms with Crippen LogP contribution in [-0.2, 0) is 4.79 Å².